The number of aromatic nitrogens is 4. The number of para-hydroxylation sites is 2. The Labute approximate surface area is 173 Å². The molecule has 3 aromatic rings. The SMILES string of the molecule is CCC(=O)Nc1ccccc1Oc1nc(Nc2cnn(CCOC)c2)ncc1Cl. The lowest BCUT2D eigenvalue weighted by molar-refractivity contribution is -0.115. The average molecular weight is 417 g/mol. The molecule has 0 spiro atoms. The molecular formula is C19H21ClN6O3. The maximum absolute atomic E-state index is 11.7. The van der Waals surface area contributed by atoms with Crippen molar-refractivity contribution in [2.75, 3.05) is 24.4 Å². The molecule has 0 unspecified atom stereocenters. The van der Waals surface area contributed by atoms with Gasteiger partial charge in [-0.05, 0) is 12.1 Å². The number of carbonyl (C=O) groups is 1. The van der Waals surface area contributed by atoms with Crippen LogP contribution in [0, 0.1) is 0 Å². The van der Waals surface area contributed by atoms with Crippen molar-refractivity contribution < 1.29 is 14.3 Å². The minimum atomic E-state index is -0.123. The largest absolute Gasteiger partial charge is 0.435 e. The van der Waals surface area contributed by atoms with Crippen molar-refractivity contribution in [3.63, 3.8) is 0 Å². The normalized spacial score (nSPS) is 10.6. The van der Waals surface area contributed by atoms with Crippen molar-refractivity contribution >= 4 is 34.8 Å². The predicted octanol–water partition coefficient (Wildman–Crippen LogP) is 3.86. The molecule has 0 saturated carbocycles. The second-order valence-corrected chi connectivity index (χ2v) is 6.36. The van der Waals surface area contributed by atoms with E-state index in [1.807, 2.05) is 6.20 Å². The molecule has 0 fully saturated rings. The van der Waals surface area contributed by atoms with Crippen molar-refractivity contribution in [1.82, 2.24) is 19.7 Å². The van der Waals surface area contributed by atoms with Gasteiger partial charge >= 0.3 is 0 Å². The van der Waals surface area contributed by atoms with Crippen molar-refractivity contribution in [2.24, 2.45) is 0 Å². The number of methoxy groups -OCH3 is 1. The van der Waals surface area contributed by atoms with Crippen LogP contribution in [0.5, 0.6) is 11.6 Å². The van der Waals surface area contributed by atoms with Crippen LogP contribution in [0.3, 0.4) is 0 Å². The first-order valence-electron chi connectivity index (χ1n) is 8.96. The summed E-state index contributed by atoms with van der Waals surface area (Å²) in [6.45, 7) is 2.97. The van der Waals surface area contributed by atoms with Crippen molar-refractivity contribution in [3.05, 3.63) is 47.9 Å². The van der Waals surface area contributed by atoms with Crippen LogP contribution >= 0.6 is 11.6 Å². The third kappa shape index (κ3) is 5.66. The summed E-state index contributed by atoms with van der Waals surface area (Å²) in [6.07, 6.45) is 5.26. The van der Waals surface area contributed by atoms with Crippen molar-refractivity contribution in [3.8, 4) is 11.6 Å². The van der Waals surface area contributed by atoms with Crippen LogP contribution in [0.4, 0.5) is 17.3 Å². The molecule has 0 bridgehead atoms. The van der Waals surface area contributed by atoms with Gasteiger partial charge in [0.1, 0.15) is 5.02 Å². The molecule has 2 N–H and O–H groups in total. The number of ether oxygens (including phenoxy) is 2. The zero-order chi connectivity index (χ0) is 20.6. The van der Waals surface area contributed by atoms with Gasteiger partial charge in [0, 0.05) is 19.7 Å². The number of halogens is 1. The maximum Gasteiger partial charge on any atom is 0.243 e. The van der Waals surface area contributed by atoms with Gasteiger partial charge in [-0.25, -0.2) is 4.98 Å². The van der Waals surface area contributed by atoms with E-state index < -0.39 is 0 Å². The molecule has 0 aliphatic carbocycles. The maximum atomic E-state index is 11.7. The number of hydrogen-bond donors (Lipinski definition) is 2. The summed E-state index contributed by atoms with van der Waals surface area (Å²) in [5.41, 5.74) is 1.24. The molecule has 0 atom stereocenters. The summed E-state index contributed by atoms with van der Waals surface area (Å²) < 4.78 is 12.6. The monoisotopic (exact) mass is 416 g/mol. The first-order valence-corrected chi connectivity index (χ1v) is 9.34. The van der Waals surface area contributed by atoms with Gasteiger partial charge in [0.2, 0.25) is 17.7 Å². The number of nitrogens with zero attached hydrogens (tertiary/aromatic N) is 4. The van der Waals surface area contributed by atoms with E-state index in [2.05, 4.69) is 25.7 Å². The highest BCUT2D eigenvalue weighted by Crippen LogP contribution is 2.32. The number of benzene rings is 1. The fourth-order valence-corrected chi connectivity index (χ4v) is 2.48. The summed E-state index contributed by atoms with van der Waals surface area (Å²) >= 11 is 6.20. The third-order valence-electron chi connectivity index (χ3n) is 3.81. The van der Waals surface area contributed by atoms with E-state index >= 15 is 0 Å². The van der Waals surface area contributed by atoms with Gasteiger partial charge < -0.3 is 20.1 Å². The Bertz CT molecular complexity index is 978. The molecule has 2 aromatic heterocycles. The number of hydrogen-bond acceptors (Lipinski definition) is 7. The third-order valence-corrected chi connectivity index (χ3v) is 4.07. The van der Waals surface area contributed by atoms with Gasteiger partial charge in [-0.1, -0.05) is 30.7 Å². The van der Waals surface area contributed by atoms with Crippen LogP contribution in [0.25, 0.3) is 0 Å². The average Bonchev–Trinajstić information content (AvgIpc) is 3.17. The quantitative estimate of drug-likeness (QED) is 0.545. The Morgan fingerprint density at radius 1 is 1.28 bits per heavy atom. The molecule has 152 valence electrons. The fraction of sp³-hybridized carbons (Fsp3) is 0.263. The molecule has 0 saturated heterocycles. The van der Waals surface area contributed by atoms with E-state index in [0.29, 0.717) is 42.6 Å². The summed E-state index contributed by atoms with van der Waals surface area (Å²) in [6, 6.07) is 7.05. The van der Waals surface area contributed by atoms with Gasteiger partial charge in [0.15, 0.2) is 5.75 Å². The van der Waals surface area contributed by atoms with Crippen LogP contribution in [0.15, 0.2) is 42.9 Å². The molecule has 0 aliphatic rings. The van der Waals surface area contributed by atoms with Crippen LogP contribution in [-0.2, 0) is 16.1 Å². The minimum absolute atomic E-state index is 0.123. The molecule has 10 heteroatoms. The van der Waals surface area contributed by atoms with Gasteiger partial charge in [-0.15, -0.1) is 0 Å². The fourth-order valence-electron chi connectivity index (χ4n) is 2.35. The predicted molar refractivity (Wildman–Crippen MR) is 110 cm³/mol. The molecule has 29 heavy (non-hydrogen) atoms. The van der Waals surface area contributed by atoms with Gasteiger partial charge in [-0.3, -0.25) is 9.48 Å². The Kier molecular flexibility index (Phi) is 6.99. The molecule has 1 amide bonds. The van der Waals surface area contributed by atoms with Gasteiger partial charge in [-0.2, -0.15) is 10.1 Å². The van der Waals surface area contributed by atoms with Crippen LogP contribution in [-0.4, -0.2) is 39.4 Å². The highest BCUT2D eigenvalue weighted by molar-refractivity contribution is 6.31. The van der Waals surface area contributed by atoms with Crippen LogP contribution < -0.4 is 15.4 Å². The second kappa shape index (κ2) is 9.85. The summed E-state index contributed by atoms with van der Waals surface area (Å²) in [5.74, 6) is 0.760. The summed E-state index contributed by atoms with van der Waals surface area (Å²) in [7, 11) is 1.64. The number of nitrogens with one attached hydrogen (secondary N) is 2. The molecule has 2 heterocycles. The van der Waals surface area contributed by atoms with E-state index in [4.69, 9.17) is 21.1 Å². The van der Waals surface area contributed by atoms with Crippen LogP contribution in [0.1, 0.15) is 13.3 Å². The highest BCUT2D eigenvalue weighted by atomic mass is 35.5. The molecule has 9 nitrogen and oxygen atoms in total. The van der Waals surface area contributed by atoms with E-state index in [1.165, 1.54) is 6.20 Å². The Morgan fingerprint density at radius 3 is 2.90 bits per heavy atom. The first kappa shape index (κ1) is 20.6. The summed E-state index contributed by atoms with van der Waals surface area (Å²) in [4.78, 5) is 20.2. The lowest BCUT2D eigenvalue weighted by Crippen LogP contribution is -2.10. The van der Waals surface area contributed by atoms with Crippen LogP contribution in [0.2, 0.25) is 5.02 Å². The minimum Gasteiger partial charge on any atom is -0.435 e. The Balaban J connectivity index is 1.76. The van der Waals surface area contributed by atoms with E-state index in [-0.39, 0.29) is 16.8 Å². The smallest absolute Gasteiger partial charge is 0.243 e. The van der Waals surface area contributed by atoms with Gasteiger partial charge in [0.05, 0.1) is 36.9 Å². The van der Waals surface area contributed by atoms with Gasteiger partial charge in [0.25, 0.3) is 0 Å². The first-order chi connectivity index (χ1) is 14.1. The van der Waals surface area contributed by atoms with Crippen molar-refractivity contribution in [1.29, 1.82) is 0 Å². The Morgan fingerprint density at radius 2 is 2.10 bits per heavy atom. The number of anilines is 3. The lowest BCUT2D eigenvalue weighted by Gasteiger charge is -2.12. The molecule has 1 aromatic carbocycles. The Hall–Kier alpha value is -3.17. The van der Waals surface area contributed by atoms with E-state index in [9.17, 15) is 4.79 Å². The number of amides is 1. The zero-order valence-corrected chi connectivity index (χ0v) is 16.8. The number of rotatable bonds is 9. The lowest BCUT2D eigenvalue weighted by atomic mass is 10.3. The topological polar surface area (TPSA) is 103 Å². The standard InChI is InChI=1S/C19H21ClN6O3/c1-3-17(27)24-15-6-4-5-7-16(15)29-18-14(20)11-21-19(25-18)23-13-10-22-26(12-13)8-9-28-2/h4-7,10-12H,3,8-9H2,1-2H3,(H,24,27)(H,21,23,25). The van der Waals surface area contributed by atoms with Crippen molar-refractivity contribution in [2.45, 2.75) is 19.9 Å². The molecule has 3 rings (SSSR count). The highest BCUT2D eigenvalue weighted by Gasteiger charge is 2.13. The van der Waals surface area contributed by atoms with E-state index in [1.54, 1.807) is 49.2 Å². The molecular weight excluding hydrogens is 396 g/mol. The number of carbonyl (C=O) groups excluding carboxylic acids is 1. The zero-order valence-electron chi connectivity index (χ0n) is 16.1. The summed E-state index contributed by atoms with van der Waals surface area (Å²) in [5, 5.41) is 10.3. The molecule has 0 aliphatic heterocycles. The van der Waals surface area contributed by atoms with E-state index in [0.717, 1.165) is 0 Å². The molecule has 0 radical (unpaired) electrons. The second-order valence-electron chi connectivity index (χ2n) is 5.96.